The molecular weight excluding hydrogens is 228 g/mol. The summed E-state index contributed by atoms with van der Waals surface area (Å²) in [5, 5.41) is 8.10. The van der Waals surface area contributed by atoms with Gasteiger partial charge in [0.2, 0.25) is 0 Å². The highest BCUT2D eigenvalue weighted by molar-refractivity contribution is 6.30. The quantitative estimate of drug-likeness (QED) is 0.754. The molecule has 2 heterocycles. The molecule has 5 nitrogen and oxygen atoms in total. The van der Waals surface area contributed by atoms with Gasteiger partial charge in [0.15, 0.2) is 5.78 Å². The van der Waals surface area contributed by atoms with Crippen molar-refractivity contribution in [3.05, 3.63) is 40.9 Å². The van der Waals surface area contributed by atoms with Crippen LogP contribution < -0.4 is 0 Å². The summed E-state index contributed by atoms with van der Waals surface area (Å²) >= 11 is 5.68. The molecule has 6 heteroatoms. The first kappa shape index (κ1) is 10.8. The molecule has 2 aromatic heterocycles. The third-order valence-corrected chi connectivity index (χ3v) is 2.23. The van der Waals surface area contributed by atoms with Crippen molar-refractivity contribution in [1.29, 1.82) is 0 Å². The zero-order valence-electron chi connectivity index (χ0n) is 8.59. The van der Waals surface area contributed by atoms with Crippen molar-refractivity contribution in [2.75, 3.05) is 0 Å². The fourth-order valence-electron chi connectivity index (χ4n) is 1.27. The van der Waals surface area contributed by atoms with Crippen molar-refractivity contribution < 1.29 is 4.79 Å². The van der Waals surface area contributed by atoms with E-state index in [1.54, 1.807) is 30.1 Å². The van der Waals surface area contributed by atoms with Crippen LogP contribution in [0.2, 0.25) is 5.02 Å². The molecule has 82 valence electrons. The molecule has 0 radical (unpaired) electrons. The predicted molar refractivity (Wildman–Crippen MR) is 58.3 cm³/mol. The van der Waals surface area contributed by atoms with Gasteiger partial charge in [-0.05, 0) is 12.1 Å². The first-order chi connectivity index (χ1) is 7.65. The standard InChI is InChI=1S/C10H9ClN4O/c1-15-6-8(13-14-15)4-10(16)9-3-2-7(11)5-12-9/h2-3,5-6H,4H2,1H3. The number of hydrogen-bond acceptors (Lipinski definition) is 4. The van der Waals surface area contributed by atoms with E-state index in [1.165, 1.54) is 6.20 Å². The molecule has 0 amide bonds. The third kappa shape index (κ3) is 2.43. The third-order valence-electron chi connectivity index (χ3n) is 2.00. The Morgan fingerprint density at radius 3 is 2.88 bits per heavy atom. The van der Waals surface area contributed by atoms with Crippen LogP contribution in [-0.2, 0) is 13.5 Å². The Balaban J connectivity index is 2.11. The van der Waals surface area contributed by atoms with Crippen LogP contribution >= 0.6 is 11.6 Å². The van der Waals surface area contributed by atoms with E-state index < -0.39 is 0 Å². The Morgan fingerprint density at radius 2 is 2.31 bits per heavy atom. The average Bonchev–Trinajstić information content (AvgIpc) is 2.65. The topological polar surface area (TPSA) is 60.7 Å². The van der Waals surface area contributed by atoms with Gasteiger partial charge in [0, 0.05) is 19.4 Å². The van der Waals surface area contributed by atoms with E-state index in [4.69, 9.17) is 11.6 Å². The SMILES string of the molecule is Cn1cc(CC(=O)c2ccc(Cl)cn2)nn1. The molecule has 0 fully saturated rings. The van der Waals surface area contributed by atoms with Crippen LogP contribution in [0.4, 0.5) is 0 Å². The minimum atomic E-state index is -0.0998. The maximum atomic E-state index is 11.8. The van der Waals surface area contributed by atoms with E-state index in [-0.39, 0.29) is 12.2 Å². The summed E-state index contributed by atoms with van der Waals surface area (Å²) < 4.78 is 1.55. The summed E-state index contributed by atoms with van der Waals surface area (Å²) in [6, 6.07) is 3.24. The molecule has 0 atom stereocenters. The van der Waals surface area contributed by atoms with Crippen LogP contribution in [0.3, 0.4) is 0 Å². The lowest BCUT2D eigenvalue weighted by Gasteiger charge is -1.97. The highest BCUT2D eigenvalue weighted by Gasteiger charge is 2.10. The minimum Gasteiger partial charge on any atom is -0.292 e. The highest BCUT2D eigenvalue weighted by Crippen LogP contribution is 2.08. The molecule has 2 aromatic rings. The molecule has 2 rings (SSSR count). The molecule has 0 aromatic carbocycles. The Hall–Kier alpha value is -1.75. The van der Waals surface area contributed by atoms with E-state index in [1.807, 2.05) is 0 Å². The Morgan fingerprint density at radius 1 is 1.50 bits per heavy atom. The summed E-state index contributed by atoms with van der Waals surface area (Å²) in [4.78, 5) is 15.7. The number of ketones is 1. The molecule has 0 spiro atoms. The predicted octanol–water partition coefficient (Wildman–Crippen LogP) is 1.29. The van der Waals surface area contributed by atoms with Crippen molar-refractivity contribution in [1.82, 2.24) is 20.0 Å². The summed E-state index contributed by atoms with van der Waals surface area (Å²) in [6.45, 7) is 0. The first-order valence-corrected chi connectivity index (χ1v) is 5.03. The lowest BCUT2D eigenvalue weighted by Crippen LogP contribution is -2.05. The summed E-state index contributed by atoms with van der Waals surface area (Å²) in [5.74, 6) is -0.0998. The van der Waals surface area contributed by atoms with Gasteiger partial charge in [-0.15, -0.1) is 5.10 Å². The van der Waals surface area contributed by atoms with Gasteiger partial charge >= 0.3 is 0 Å². The number of halogens is 1. The largest absolute Gasteiger partial charge is 0.292 e. The number of Topliss-reactive ketones (excluding diaryl/α,β-unsaturated/α-hetero) is 1. The lowest BCUT2D eigenvalue weighted by atomic mass is 10.1. The molecule has 0 saturated carbocycles. The number of aromatic nitrogens is 4. The van der Waals surface area contributed by atoms with Crippen molar-refractivity contribution >= 4 is 17.4 Å². The molecule has 0 unspecified atom stereocenters. The van der Waals surface area contributed by atoms with E-state index in [2.05, 4.69) is 15.3 Å². The zero-order valence-corrected chi connectivity index (χ0v) is 9.35. The molecule has 0 N–H and O–H groups in total. The Labute approximate surface area is 97.1 Å². The van der Waals surface area contributed by atoms with Crippen LogP contribution in [0.25, 0.3) is 0 Å². The minimum absolute atomic E-state index is 0.0998. The van der Waals surface area contributed by atoms with Gasteiger partial charge < -0.3 is 0 Å². The molecule has 0 bridgehead atoms. The smallest absolute Gasteiger partial charge is 0.187 e. The van der Waals surface area contributed by atoms with Gasteiger partial charge in [-0.2, -0.15) is 0 Å². The first-order valence-electron chi connectivity index (χ1n) is 4.65. The van der Waals surface area contributed by atoms with Crippen molar-refractivity contribution in [3.63, 3.8) is 0 Å². The van der Waals surface area contributed by atoms with Crippen molar-refractivity contribution in [2.24, 2.45) is 7.05 Å². The van der Waals surface area contributed by atoms with E-state index >= 15 is 0 Å². The van der Waals surface area contributed by atoms with Gasteiger partial charge in [0.05, 0.1) is 17.1 Å². The normalized spacial score (nSPS) is 10.4. The van der Waals surface area contributed by atoms with Gasteiger partial charge in [-0.25, -0.2) is 0 Å². The number of rotatable bonds is 3. The van der Waals surface area contributed by atoms with Gasteiger partial charge in [0.1, 0.15) is 5.69 Å². The number of carbonyl (C=O) groups excluding carboxylic acids is 1. The Kier molecular flexibility index (Phi) is 2.96. The maximum Gasteiger partial charge on any atom is 0.187 e. The number of nitrogens with zero attached hydrogens (tertiary/aromatic N) is 4. The zero-order chi connectivity index (χ0) is 11.5. The number of pyridine rings is 1. The monoisotopic (exact) mass is 236 g/mol. The molecule has 0 saturated heterocycles. The van der Waals surface area contributed by atoms with Crippen LogP contribution in [0.5, 0.6) is 0 Å². The second kappa shape index (κ2) is 4.40. The van der Waals surface area contributed by atoms with E-state index in [0.29, 0.717) is 16.4 Å². The number of hydrogen-bond donors (Lipinski definition) is 0. The van der Waals surface area contributed by atoms with Gasteiger partial charge in [-0.3, -0.25) is 14.5 Å². The van der Waals surface area contributed by atoms with Crippen LogP contribution in [0.15, 0.2) is 24.5 Å². The van der Waals surface area contributed by atoms with E-state index in [0.717, 1.165) is 0 Å². The van der Waals surface area contributed by atoms with Crippen LogP contribution in [-0.4, -0.2) is 25.8 Å². The second-order valence-electron chi connectivity index (χ2n) is 3.35. The maximum absolute atomic E-state index is 11.8. The highest BCUT2D eigenvalue weighted by atomic mass is 35.5. The average molecular weight is 237 g/mol. The summed E-state index contributed by atoms with van der Waals surface area (Å²) in [6.07, 6.45) is 3.35. The van der Waals surface area contributed by atoms with Crippen molar-refractivity contribution in [2.45, 2.75) is 6.42 Å². The molecular formula is C10H9ClN4O. The van der Waals surface area contributed by atoms with Gasteiger partial charge in [0.25, 0.3) is 0 Å². The molecule has 16 heavy (non-hydrogen) atoms. The fraction of sp³-hybridized carbons (Fsp3) is 0.200. The Bertz CT molecular complexity index is 506. The second-order valence-corrected chi connectivity index (χ2v) is 3.78. The number of carbonyl (C=O) groups is 1. The van der Waals surface area contributed by atoms with Gasteiger partial charge in [-0.1, -0.05) is 16.8 Å². The fourth-order valence-corrected chi connectivity index (χ4v) is 1.38. The number of aryl methyl sites for hydroxylation is 1. The molecule has 0 aliphatic carbocycles. The summed E-state index contributed by atoms with van der Waals surface area (Å²) in [5.41, 5.74) is 1.01. The lowest BCUT2D eigenvalue weighted by molar-refractivity contribution is 0.0987. The van der Waals surface area contributed by atoms with Crippen molar-refractivity contribution in [3.8, 4) is 0 Å². The molecule has 0 aliphatic rings. The van der Waals surface area contributed by atoms with Crippen LogP contribution in [0, 0.1) is 0 Å². The van der Waals surface area contributed by atoms with E-state index in [9.17, 15) is 4.79 Å². The summed E-state index contributed by atoms with van der Waals surface area (Å²) in [7, 11) is 1.75. The van der Waals surface area contributed by atoms with Crippen LogP contribution in [0.1, 0.15) is 16.2 Å². The molecule has 0 aliphatic heterocycles.